The first kappa shape index (κ1) is 19.4. The Hall–Kier alpha value is -2.38. The molecule has 140 valence electrons. The molecule has 0 atom stereocenters. The van der Waals surface area contributed by atoms with Crippen molar-refractivity contribution in [3.63, 3.8) is 0 Å². The van der Waals surface area contributed by atoms with Crippen molar-refractivity contribution < 1.29 is 18.0 Å². The summed E-state index contributed by atoms with van der Waals surface area (Å²) in [6.45, 7) is 1.71. The van der Waals surface area contributed by atoms with Crippen LogP contribution >= 0.6 is 22.9 Å². The molecule has 0 aliphatic heterocycles. The number of alkyl halides is 3. The van der Waals surface area contributed by atoms with E-state index in [2.05, 4.69) is 10.3 Å². The molecule has 0 bridgehead atoms. The molecule has 8 heteroatoms. The maximum Gasteiger partial charge on any atom is 0.416 e. The van der Waals surface area contributed by atoms with Gasteiger partial charge < -0.3 is 5.32 Å². The van der Waals surface area contributed by atoms with Gasteiger partial charge in [0.2, 0.25) is 0 Å². The minimum absolute atomic E-state index is 0.00360. The minimum atomic E-state index is -4.41. The highest BCUT2D eigenvalue weighted by molar-refractivity contribution is 7.17. The highest BCUT2D eigenvalue weighted by atomic mass is 35.5. The first-order valence-electron chi connectivity index (χ1n) is 7.92. The summed E-state index contributed by atoms with van der Waals surface area (Å²) in [5, 5.41) is 3.93. The maximum atomic E-state index is 12.8. The zero-order valence-electron chi connectivity index (χ0n) is 14.1. The van der Waals surface area contributed by atoms with Crippen molar-refractivity contribution in [1.29, 1.82) is 0 Å². The molecule has 1 amide bonds. The van der Waals surface area contributed by atoms with Crippen LogP contribution in [0.25, 0.3) is 10.6 Å². The number of aryl methyl sites for hydroxylation is 1. The van der Waals surface area contributed by atoms with Gasteiger partial charge in [0, 0.05) is 17.1 Å². The van der Waals surface area contributed by atoms with Crippen LogP contribution in [-0.4, -0.2) is 10.9 Å². The molecule has 1 heterocycles. The maximum absolute atomic E-state index is 12.8. The smallest absolute Gasteiger partial charge is 0.347 e. The number of carbonyl (C=O) groups excluding carboxylic acids is 1. The quantitative estimate of drug-likeness (QED) is 0.597. The molecular formula is C19H14ClF3N2OS. The van der Waals surface area contributed by atoms with E-state index < -0.39 is 11.7 Å². The first-order valence-corrected chi connectivity index (χ1v) is 9.11. The monoisotopic (exact) mass is 410 g/mol. The number of thiazole rings is 1. The number of benzene rings is 2. The number of aromatic nitrogens is 1. The molecule has 27 heavy (non-hydrogen) atoms. The highest BCUT2D eigenvalue weighted by Crippen LogP contribution is 2.30. The van der Waals surface area contributed by atoms with Crippen LogP contribution in [0.1, 0.15) is 26.5 Å². The Kier molecular flexibility index (Phi) is 5.53. The van der Waals surface area contributed by atoms with Gasteiger partial charge in [-0.25, -0.2) is 4.98 Å². The van der Waals surface area contributed by atoms with Gasteiger partial charge in [-0.2, -0.15) is 13.2 Å². The molecule has 1 aromatic heterocycles. The summed E-state index contributed by atoms with van der Waals surface area (Å²) in [4.78, 5) is 17.3. The lowest BCUT2D eigenvalue weighted by Gasteiger charge is -2.09. The predicted octanol–water partition coefficient (Wildman–Crippen LogP) is 5.72. The Morgan fingerprint density at radius 1 is 1.19 bits per heavy atom. The average molecular weight is 411 g/mol. The lowest BCUT2D eigenvalue weighted by Crippen LogP contribution is -2.22. The van der Waals surface area contributed by atoms with Crippen LogP contribution in [0, 0.1) is 6.92 Å². The first-order chi connectivity index (χ1) is 12.7. The van der Waals surface area contributed by atoms with E-state index in [9.17, 15) is 18.0 Å². The van der Waals surface area contributed by atoms with Gasteiger partial charge in [0.05, 0.1) is 11.3 Å². The topological polar surface area (TPSA) is 42.0 Å². The average Bonchev–Trinajstić information content (AvgIpc) is 3.01. The van der Waals surface area contributed by atoms with Crippen LogP contribution in [0.15, 0.2) is 48.5 Å². The summed E-state index contributed by atoms with van der Waals surface area (Å²) in [6, 6.07) is 12.0. The van der Waals surface area contributed by atoms with Crippen molar-refractivity contribution in [2.45, 2.75) is 19.6 Å². The normalized spacial score (nSPS) is 11.4. The lowest BCUT2D eigenvalue weighted by atomic mass is 10.1. The third-order valence-electron chi connectivity index (χ3n) is 3.80. The molecule has 3 aromatic rings. The molecule has 1 N–H and O–H groups in total. The SMILES string of the molecule is Cc1nc(-c2ccc(Cl)cc2)sc1C(=O)NCc1cccc(C(F)(F)F)c1. The Morgan fingerprint density at radius 3 is 2.56 bits per heavy atom. The standard InChI is InChI=1S/C19H14ClF3N2OS/c1-11-16(27-18(25-11)13-5-7-15(20)8-6-13)17(26)24-10-12-3-2-4-14(9-12)19(21,22)23/h2-9H,10H2,1H3,(H,24,26). The van der Waals surface area contributed by atoms with Crippen LogP contribution in [0.3, 0.4) is 0 Å². The second kappa shape index (κ2) is 7.70. The van der Waals surface area contributed by atoms with Crippen molar-refractivity contribution in [2.75, 3.05) is 0 Å². The number of hydrogen-bond acceptors (Lipinski definition) is 3. The van der Waals surface area contributed by atoms with E-state index in [1.54, 1.807) is 19.1 Å². The fourth-order valence-corrected chi connectivity index (χ4v) is 3.56. The van der Waals surface area contributed by atoms with Gasteiger partial charge >= 0.3 is 6.18 Å². The molecule has 3 nitrogen and oxygen atoms in total. The van der Waals surface area contributed by atoms with Crippen LogP contribution < -0.4 is 5.32 Å². The van der Waals surface area contributed by atoms with Crippen LogP contribution in [-0.2, 0) is 12.7 Å². The fraction of sp³-hybridized carbons (Fsp3) is 0.158. The zero-order valence-corrected chi connectivity index (χ0v) is 15.7. The third kappa shape index (κ3) is 4.67. The minimum Gasteiger partial charge on any atom is -0.347 e. The van der Waals surface area contributed by atoms with Crippen molar-refractivity contribution >= 4 is 28.8 Å². The molecule has 0 aliphatic rings. The molecule has 0 spiro atoms. The molecular weight excluding hydrogens is 397 g/mol. The van der Waals surface area contributed by atoms with E-state index >= 15 is 0 Å². The highest BCUT2D eigenvalue weighted by Gasteiger charge is 2.30. The summed E-state index contributed by atoms with van der Waals surface area (Å²) in [5.74, 6) is -0.373. The van der Waals surface area contributed by atoms with Crippen molar-refractivity contribution in [2.24, 2.45) is 0 Å². The number of amides is 1. The Bertz CT molecular complexity index is 968. The van der Waals surface area contributed by atoms with Crippen molar-refractivity contribution in [3.05, 3.63) is 75.3 Å². The number of nitrogens with zero attached hydrogens (tertiary/aromatic N) is 1. The molecule has 3 rings (SSSR count). The van der Waals surface area contributed by atoms with Gasteiger partial charge in [-0.1, -0.05) is 35.9 Å². The van der Waals surface area contributed by atoms with Gasteiger partial charge in [0.25, 0.3) is 5.91 Å². The zero-order chi connectivity index (χ0) is 19.6. The molecule has 0 saturated heterocycles. The van der Waals surface area contributed by atoms with E-state index in [0.717, 1.165) is 17.7 Å². The van der Waals surface area contributed by atoms with Gasteiger partial charge in [-0.3, -0.25) is 4.79 Å². The van der Waals surface area contributed by atoms with Crippen LogP contribution in [0.5, 0.6) is 0 Å². The summed E-state index contributed by atoms with van der Waals surface area (Å²) in [5.41, 5.74) is 1.03. The predicted molar refractivity (Wildman–Crippen MR) is 99.9 cm³/mol. The van der Waals surface area contributed by atoms with E-state index in [1.807, 2.05) is 12.1 Å². The van der Waals surface area contributed by atoms with Gasteiger partial charge in [0.15, 0.2) is 0 Å². The number of rotatable bonds is 4. The summed E-state index contributed by atoms with van der Waals surface area (Å²) in [6.07, 6.45) is -4.41. The van der Waals surface area contributed by atoms with Crippen molar-refractivity contribution in [1.82, 2.24) is 10.3 Å². The largest absolute Gasteiger partial charge is 0.416 e. The van der Waals surface area contributed by atoms with Gasteiger partial charge in [-0.15, -0.1) is 11.3 Å². The third-order valence-corrected chi connectivity index (χ3v) is 5.26. The van der Waals surface area contributed by atoms with E-state index in [-0.39, 0.29) is 12.5 Å². The number of hydrogen-bond donors (Lipinski definition) is 1. The van der Waals surface area contributed by atoms with Crippen LogP contribution in [0.4, 0.5) is 13.2 Å². The second-order valence-corrected chi connectivity index (χ2v) is 7.26. The summed E-state index contributed by atoms with van der Waals surface area (Å²) in [7, 11) is 0. The van der Waals surface area contributed by atoms with Gasteiger partial charge in [0.1, 0.15) is 9.88 Å². The fourth-order valence-electron chi connectivity index (χ4n) is 2.44. The summed E-state index contributed by atoms with van der Waals surface area (Å²) >= 11 is 7.10. The van der Waals surface area contributed by atoms with Crippen LogP contribution in [0.2, 0.25) is 5.02 Å². The van der Waals surface area contributed by atoms with E-state index in [1.165, 1.54) is 23.5 Å². The van der Waals surface area contributed by atoms with E-state index in [0.29, 0.717) is 26.2 Å². The molecule has 0 radical (unpaired) electrons. The Labute approximate surface area is 162 Å². The summed E-state index contributed by atoms with van der Waals surface area (Å²) < 4.78 is 38.3. The molecule has 0 unspecified atom stereocenters. The number of halogens is 4. The lowest BCUT2D eigenvalue weighted by molar-refractivity contribution is -0.137. The van der Waals surface area contributed by atoms with Crippen molar-refractivity contribution in [3.8, 4) is 10.6 Å². The Balaban J connectivity index is 1.73. The molecule has 0 aliphatic carbocycles. The van der Waals surface area contributed by atoms with E-state index in [4.69, 9.17) is 11.6 Å². The Morgan fingerprint density at radius 2 is 1.89 bits per heavy atom. The number of nitrogens with one attached hydrogen (secondary N) is 1. The molecule has 0 fully saturated rings. The second-order valence-electron chi connectivity index (χ2n) is 5.82. The molecule has 0 saturated carbocycles. The van der Waals surface area contributed by atoms with Gasteiger partial charge in [-0.05, 0) is 36.8 Å². The molecule has 2 aromatic carbocycles. The number of carbonyl (C=O) groups is 1.